The standard InChI is InChI=1S/C18H27N3O2S/c22-17(18(23)21-7-3-1-2-4-8-21)19-11-15-5-9-20(12-15)13-16-6-10-24-14-16/h6,10,14-15H,1-5,7-9,11-13H2,(H,19,22)/t15-/m0/s1. The van der Waals surface area contributed by atoms with Crippen molar-refractivity contribution in [3.8, 4) is 0 Å². The molecule has 1 N–H and O–H groups in total. The summed E-state index contributed by atoms with van der Waals surface area (Å²) in [5.74, 6) is -0.317. The highest BCUT2D eigenvalue weighted by Gasteiger charge is 2.26. The number of carbonyl (C=O) groups excluding carboxylic acids is 2. The van der Waals surface area contributed by atoms with Gasteiger partial charge in [-0.05, 0) is 54.1 Å². The van der Waals surface area contributed by atoms with Crippen molar-refractivity contribution in [3.63, 3.8) is 0 Å². The molecule has 0 saturated carbocycles. The number of rotatable bonds is 4. The molecule has 0 aromatic carbocycles. The van der Waals surface area contributed by atoms with Crippen molar-refractivity contribution in [2.24, 2.45) is 5.92 Å². The molecule has 0 bridgehead atoms. The first-order chi connectivity index (χ1) is 11.7. The number of hydrogen-bond acceptors (Lipinski definition) is 4. The molecule has 3 rings (SSSR count). The molecule has 1 aromatic rings. The smallest absolute Gasteiger partial charge is 0.311 e. The SMILES string of the molecule is O=C(NC[C@@H]1CCN(Cc2ccsc2)C1)C(=O)N1CCCCCC1. The van der Waals surface area contributed by atoms with Crippen LogP contribution in [0.1, 0.15) is 37.7 Å². The second-order valence-electron chi connectivity index (χ2n) is 6.94. The Bertz CT molecular complexity index is 538. The molecular weight excluding hydrogens is 322 g/mol. The molecule has 2 fully saturated rings. The molecule has 2 aliphatic rings. The number of amides is 2. The summed E-state index contributed by atoms with van der Waals surface area (Å²) in [6.07, 6.45) is 5.43. The monoisotopic (exact) mass is 349 g/mol. The minimum Gasteiger partial charge on any atom is -0.348 e. The first kappa shape index (κ1) is 17.4. The Morgan fingerprint density at radius 1 is 1.17 bits per heavy atom. The molecule has 2 aliphatic heterocycles. The van der Waals surface area contributed by atoms with E-state index in [0.717, 1.165) is 64.8 Å². The van der Waals surface area contributed by atoms with E-state index in [-0.39, 0.29) is 5.91 Å². The fraction of sp³-hybridized carbons (Fsp3) is 0.667. The summed E-state index contributed by atoms with van der Waals surface area (Å²) >= 11 is 1.73. The number of nitrogens with one attached hydrogen (secondary N) is 1. The van der Waals surface area contributed by atoms with Crippen molar-refractivity contribution in [3.05, 3.63) is 22.4 Å². The fourth-order valence-electron chi connectivity index (χ4n) is 3.59. The molecule has 1 atom stereocenters. The van der Waals surface area contributed by atoms with E-state index in [0.29, 0.717) is 12.5 Å². The summed E-state index contributed by atoms with van der Waals surface area (Å²) < 4.78 is 0. The second kappa shape index (κ2) is 8.62. The quantitative estimate of drug-likeness (QED) is 0.847. The Kier molecular flexibility index (Phi) is 6.26. The lowest BCUT2D eigenvalue weighted by atomic mass is 10.1. The van der Waals surface area contributed by atoms with Crippen LogP contribution in [0.2, 0.25) is 0 Å². The number of likely N-dealkylation sites (tertiary alicyclic amines) is 2. The van der Waals surface area contributed by atoms with Gasteiger partial charge in [0.25, 0.3) is 0 Å². The van der Waals surface area contributed by atoms with E-state index in [9.17, 15) is 9.59 Å². The first-order valence-corrected chi connectivity index (χ1v) is 9.97. The molecule has 2 amide bonds. The molecule has 3 heterocycles. The average molecular weight is 350 g/mol. The normalized spacial score (nSPS) is 22.3. The highest BCUT2D eigenvalue weighted by atomic mass is 32.1. The molecule has 2 saturated heterocycles. The highest BCUT2D eigenvalue weighted by Crippen LogP contribution is 2.19. The van der Waals surface area contributed by atoms with Gasteiger partial charge in [0.1, 0.15) is 0 Å². The molecule has 132 valence electrons. The summed E-state index contributed by atoms with van der Waals surface area (Å²) in [5.41, 5.74) is 1.36. The van der Waals surface area contributed by atoms with Crippen molar-refractivity contribution in [1.82, 2.24) is 15.1 Å². The summed E-state index contributed by atoms with van der Waals surface area (Å²) in [6.45, 7) is 5.11. The Morgan fingerprint density at radius 3 is 2.67 bits per heavy atom. The van der Waals surface area contributed by atoms with E-state index < -0.39 is 5.91 Å². The zero-order chi connectivity index (χ0) is 16.8. The predicted molar refractivity (Wildman–Crippen MR) is 95.8 cm³/mol. The maximum Gasteiger partial charge on any atom is 0.311 e. The number of carbonyl (C=O) groups is 2. The van der Waals surface area contributed by atoms with Crippen LogP contribution in [-0.2, 0) is 16.1 Å². The third-order valence-corrected chi connectivity index (χ3v) is 5.73. The minimum absolute atomic E-state index is 0.343. The van der Waals surface area contributed by atoms with Crippen molar-refractivity contribution < 1.29 is 9.59 Å². The average Bonchev–Trinajstić information content (AvgIpc) is 3.18. The number of thiophene rings is 1. The molecule has 0 spiro atoms. The van der Waals surface area contributed by atoms with Gasteiger partial charge in [0.15, 0.2) is 0 Å². The molecule has 6 heteroatoms. The summed E-state index contributed by atoms with van der Waals surface area (Å²) in [5, 5.41) is 7.16. The third-order valence-electron chi connectivity index (χ3n) is 5.00. The molecule has 0 radical (unpaired) electrons. The molecular formula is C18H27N3O2S. The van der Waals surface area contributed by atoms with Gasteiger partial charge in [-0.2, -0.15) is 11.3 Å². The van der Waals surface area contributed by atoms with E-state index in [1.807, 2.05) is 0 Å². The van der Waals surface area contributed by atoms with E-state index in [4.69, 9.17) is 0 Å². The molecule has 1 aromatic heterocycles. The lowest BCUT2D eigenvalue weighted by molar-refractivity contribution is -0.145. The minimum atomic E-state index is -0.423. The van der Waals surface area contributed by atoms with Crippen LogP contribution in [0.4, 0.5) is 0 Å². The van der Waals surface area contributed by atoms with Crippen LogP contribution in [0.5, 0.6) is 0 Å². The van der Waals surface area contributed by atoms with Crippen molar-refractivity contribution in [2.75, 3.05) is 32.7 Å². The fourth-order valence-corrected chi connectivity index (χ4v) is 4.25. The molecule has 24 heavy (non-hydrogen) atoms. The Hall–Kier alpha value is -1.40. The van der Waals surface area contributed by atoms with Gasteiger partial charge >= 0.3 is 11.8 Å². The van der Waals surface area contributed by atoms with Gasteiger partial charge in [0.05, 0.1) is 0 Å². The summed E-state index contributed by atoms with van der Waals surface area (Å²) in [4.78, 5) is 28.5. The molecule has 0 unspecified atom stereocenters. The van der Waals surface area contributed by atoms with Gasteiger partial charge in [-0.1, -0.05) is 12.8 Å². The van der Waals surface area contributed by atoms with Gasteiger partial charge in [-0.3, -0.25) is 14.5 Å². The van der Waals surface area contributed by atoms with Gasteiger partial charge in [-0.15, -0.1) is 0 Å². The largest absolute Gasteiger partial charge is 0.348 e. The van der Waals surface area contributed by atoms with E-state index >= 15 is 0 Å². The summed E-state index contributed by atoms with van der Waals surface area (Å²) in [7, 11) is 0. The lowest BCUT2D eigenvalue weighted by Crippen LogP contribution is -2.44. The van der Waals surface area contributed by atoms with Crippen LogP contribution in [0, 0.1) is 5.92 Å². The topological polar surface area (TPSA) is 52.7 Å². The van der Waals surface area contributed by atoms with Gasteiger partial charge < -0.3 is 10.2 Å². The lowest BCUT2D eigenvalue weighted by Gasteiger charge is -2.20. The number of nitrogens with zero attached hydrogens (tertiary/aromatic N) is 2. The highest BCUT2D eigenvalue weighted by molar-refractivity contribution is 7.07. The maximum absolute atomic E-state index is 12.2. The van der Waals surface area contributed by atoms with Crippen LogP contribution in [0.15, 0.2) is 16.8 Å². The maximum atomic E-state index is 12.2. The van der Waals surface area contributed by atoms with Crippen LogP contribution in [-0.4, -0.2) is 54.3 Å². The number of hydrogen-bond donors (Lipinski definition) is 1. The van der Waals surface area contributed by atoms with E-state index in [1.165, 1.54) is 5.56 Å². The van der Waals surface area contributed by atoms with Crippen LogP contribution < -0.4 is 5.32 Å². The Balaban J connectivity index is 1.39. The first-order valence-electron chi connectivity index (χ1n) is 9.03. The van der Waals surface area contributed by atoms with Crippen molar-refractivity contribution in [1.29, 1.82) is 0 Å². The van der Waals surface area contributed by atoms with Gasteiger partial charge in [-0.25, -0.2) is 0 Å². The molecule has 5 nitrogen and oxygen atoms in total. The van der Waals surface area contributed by atoms with E-state index in [1.54, 1.807) is 16.2 Å². The zero-order valence-corrected chi connectivity index (χ0v) is 15.0. The Morgan fingerprint density at radius 2 is 1.96 bits per heavy atom. The van der Waals surface area contributed by atoms with Gasteiger partial charge in [0, 0.05) is 32.7 Å². The van der Waals surface area contributed by atoms with Gasteiger partial charge in [0.2, 0.25) is 0 Å². The van der Waals surface area contributed by atoms with E-state index in [2.05, 4.69) is 27.0 Å². The molecule has 0 aliphatic carbocycles. The van der Waals surface area contributed by atoms with Crippen LogP contribution in [0.3, 0.4) is 0 Å². The zero-order valence-electron chi connectivity index (χ0n) is 14.2. The van der Waals surface area contributed by atoms with Crippen molar-refractivity contribution in [2.45, 2.75) is 38.6 Å². The van der Waals surface area contributed by atoms with Crippen LogP contribution in [0.25, 0.3) is 0 Å². The third kappa shape index (κ3) is 4.80. The predicted octanol–water partition coefficient (Wildman–Crippen LogP) is 2.09. The summed E-state index contributed by atoms with van der Waals surface area (Å²) in [6, 6.07) is 2.17. The Labute approximate surface area is 148 Å². The van der Waals surface area contributed by atoms with Crippen LogP contribution >= 0.6 is 11.3 Å². The van der Waals surface area contributed by atoms with Crippen molar-refractivity contribution >= 4 is 23.2 Å². The second-order valence-corrected chi connectivity index (χ2v) is 7.72.